The molecule has 1 aromatic rings. The Bertz CT molecular complexity index is 482. The summed E-state index contributed by atoms with van der Waals surface area (Å²) in [6, 6.07) is 0.877. The molecule has 0 bridgehead atoms. The van der Waals surface area contributed by atoms with E-state index in [1.54, 1.807) is 4.90 Å². The van der Waals surface area contributed by atoms with Crippen molar-refractivity contribution in [3.63, 3.8) is 0 Å². The third-order valence-corrected chi connectivity index (χ3v) is 3.09. The molecule has 1 aromatic heterocycles. The SMILES string of the molecule is O=C(O)c1ncc(C(F)(F)F)cc1N1CCCCC1. The zero-order valence-corrected chi connectivity index (χ0v) is 10.1. The number of nitrogens with zero attached hydrogens (tertiary/aromatic N) is 2. The number of pyridine rings is 1. The molecule has 2 heterocycles. The molecule has 1 aliphatic rings. The van der Waals surface area contributed by atoms with E-state index < -0.39 is 17.7 Å². The summed E-state index contributed by atoms with van der Waals surface area (Å²) in [7, 11) is 0. The lowest BCUT2D eigenvalue weighted by atomic mass is 10.1. The monoisotopic (exact) mass is 274 g/mol. The molecule has 0 unspecified atom stereocenters. The van der Waals surface area contributed by atoms with Gasteiger partial charge in [0, 0.05) is 19.3 Å². The van der Waals surface area contributed by atoms with Crippen molar-refractivity contribution in [1.29, 1.82) is 0 Å². The Labute approximate surface area is 107 Å². The van der Waals surface area contributed by atoms with Gasteiger partial charge < -0.3 is 10.0 Å². The molecule has 0 saturated carbocycles. The normalized spacial score (nSPS) is 16.5. The van der Waals surface area contributed by atoms with Gasteiger partial charge >= 0.3 is 12.1 Å². The molecule has 7 heteroatoms. The maximum Gasteiger partial charge on any atom is 0.417 e. The second-order valence-electron chi connectivity index (χ2n) is 4.44. The van der Waals surface area contributed by atoms with Crippen LogP contribution in [0.25, 0.3) is 0 Å². The predicted octanol–water partition coefficient (Wildman–Crippen LogP) is 2.79. The van der Waals surface area contributed by atoms with E-state index in [4.69, 9.17) is 5.11 Å². The minimum Gasteiger partial charge on any atom is -0.476 e. The first-order chi connectivity index (χ1) is 8.89. The fourth-order valence-corrected chi connectivity index (χ4v) is 2.15. The summed E-state index contributed by atoms with van der Waals surface area (Å²) in [4.78, 5) is 16.2. The maximum absolute atomic E-state index is 12.7. The van der Waals surface area contributed by atoms with Gasteiger partial charge in [-0.2, -0.15) is 13.2 Å². The van der Waals surface area contributed by atoms with Crippen LogP contribution in [0.15, 0.2) is 12.3 Å². The van der Waals surface area contributed by atoms with Crippen LogP contribution in [0.1, 0.15) is 35.3 Å². The number of anilines is 1. The van der Waals surface area contributed by atoms with Crippen molar-refractivity contribution in [2.24, 2.45) is 0 Å². The van der Waals surface area contributed by atoms with Crippen molar-refractivity contribution in [3.05, 3.63) is 23.5 Å². The van der Waals surface area contributed by atoms with E-state index in [9.17, 15) is 18.0 Å². The lowest BCUT2D eigenvalue weighted by Crippen LogP contribution is -2.31. The molecule has 4 nitrogen and oxygen atoms in total. The van der Waals surface area contributed by atoms with Gasteiger partial charge in [0.2, 0.25) is 0 Å². The van der Waals surface area contributed by atoms with Crippen molar-refractivity contribution >= 4 is 11.7 Å². The average Bonchev–Trinajstić information content (AvgIpc) is 2.38. The molecule has 19 heavy (non-hydrogen) atoms. The highest BCUT2D eigenvalue weighted by Crippen LogP contribution is 2.33. The number of carboxylic acid groups (broad SMARTS) is 1. The topological polar surface area (TPSA) is 53.4 Å². The summed E-state index contributed by atoms with van der Waals surface area (Å²) < 4.78 is 38.0. The molecule has 0 aliphatic carbocycles. The van der Waals surface area contributed by atoms with Crippen LogP contribution in [-0.4, -0.2) is 29.1 Å². The smallest absolute Gasteiger partial charge is 0.417 e. The van der Waals surface area contributed by atoms with E-state index in [0.717, 1.165) is 25.3 Å². The molecular formula is C12H13F3N2O2. The Balaban J connectivity index is 2.44. The Morgan fingerprint density at radius 3 is 2.42 bits per heavy atom. The van der Waals surface area contributed by atoms with Gasteiger partial charge in [-0.15, -0.1) is 0 Å². The Morgan fingerprint density at radius 2 is 1.89 bits per heavy atom. The number of alkyl halides is 3. The van der Waals surface area contributed by atoms with Crippen LogP contribution in [-0.2, 0) is 6.18 Å². The maximum atomic E-state index is 12.7. The predicted molar refractivity (Wildman–Crippen MR) is 62.3 cm³/mol. The number of halogens is 3. The van der Waals surface area contributed by atoms with Crippen molar-refractivity contribution in [2.45, 2.75) is 25.4 Å². The molecule has 1 N–H and O–H groups in total. The first-order valence-corrected chi connectivity index (χ1v) is 5.95. The standard InChI is InChI=1S/C12H13F3N2O2/c13-12(14,15)8-6-9(10(11(18)19)16-7-8)17-4-2-1-3-5-17/h6-7H,1-5H2,(H,18,19). The van der Waals surface area contributed by atoms with E-state index in [1.807, 2.05) is 0 Å². The highest BCUT2D eigenvalue weighted by molar-refractivity contribution is 5.92. The third kappa shape index (κ3) is 2.97. The number of aromatic nitrogens is 1. The molecule has 0 radical (unpaired) electrons. The molecule has 1 aliphatic heterocycles. The summed E-state index contributed by atoms with van der Waals surface area (Å²) in [5, 5.41) is 9.02. The number of hydrogen-bond donors (Lipinski definition) is 1. The zero-order chi connectivity index (χ0) is 14.0. The van der Waals surface area contributed by atoms with Crippen LogP contribution >= 0.6 is 0 Å². The number of rotatable bonds is 2. The quantitative estimate of drug-likeness (QED) is 0.901. The van der Waals surface area contributed by atoms with Crippen molar-refractivity contribution < 1.29 is 23.1 Å². The Kier molecular flexibility index (Phi) is 3.64. The van der Waals surface area contributed by atoms with E-state index in [-0.39, 0.29) is 11.4 Å². The van der Waals surface area contributed by atoms with E-state index in [0.29, 0.717) is 19.3 Å². The summed E-state index contributed by atoms with van der Waals surface area (Å²) in [6.07, 6.45) is -1.26. The van der Waals surface area contributed by atoms with Gasteiger partial charge in [-0.05, 0) is 25.3 Å². The molecule has 0 atom stereocenters. The fraction of sp³-hybridized carbons (Fsp3) is 0.500. The minimum atomic E-state index is -4.52. The molecule has 104 valence electrons. The molecule has 0 spiro atoms. The first-order valence-electron chi connectivity index (χ1n) is 5.95. The summed E-state index contributed by atoms with van der Waals surface area (Å²) >= 11 is 0. The highest BCUT2D eigenvalue weighted by atomic mass is 19.4. The number of piperidine rings is 1. The fourth-order valence-electron chi connectivity index (χ4n) is 2.15. The van der Waals surface area contributed by atoms with Gasteiger partial charge in [0.05, 0.1) is 11.3 Å². The molecule has 1 saturated heterocycles. The van der Waals surface area contributed by atoms with Gasteiger partial charge in [-0.25, -0.2) is 9.78 Å². The van der Waals surface area contributed by atoms with Crippen molar-refractivity contribution in [3.8, 4) is 0 Å². The van der Waals surface area contributed by atoms with Gasteiger partial charge in [0.15, 0.2) is 5.69 Å². The molecule has 2 rings (SSSR count). The van der Waals surface area contributed by atoms with Crippen LogP contribution < -0.4 is 4.90 Å². The van der Waals surface area contributed by atoms with Crippen LogP contribution in [0.3, 0.4) is 0 Å². The van der Waals surface area contributed by atoms with Gasteiger partial charge in [-0.1, -0.05) is 0 Å². The second kappa shape index (κ2) is 5.07. The van der Waals surface area contributed by atoms with Crippen LogP contribution in [0.5, 0.6) is 0 Å². The number of carboxylic acids is 1. The minimum absolute atomic E-state index is 0.0574. The second-order valence-corrected chi connectivity index (χ2v) is 4.44. The average molecular weight is 274 g/mol. The Morgan fingerprint density at radius 1 is 1.26 bits per heavy atom. The summed E-state index contributed by atoms with van der Waals surface area (Å²) in [5.41, 5.74) is -1.19. The summed E-state index contributed by atoms with van der Waals surface area (Å²) in [6.45, 7) is 1.12. The first kappa shape index (κ1) is 13.6. The third-order valence-electron chi connectivity index (χ3n) is 3.09. The van der Waals surface area contributed by atoms with Crippen molar-refractivity contribution in [2.75, 3.05) is 18.0 Å². The number of hydrogen-bond acceptors (Lipinski definition) is 3. The number of aromatic carboxylic acids is 1. The van der Waals surface area contributed by atoms with Crippen molar-refractivity contribution in [1.82, 2.24) is 4.98 Å². The van der Waals surface area contributed by atoms with E-state index in [1.165, 1.54) is 0 Å². The summed E-state index contributed by atoms with van der Waals surface area (Å²) in [5.74, 6) is -1.31. The zero-order valence-electron chi connectivity index (χ0n) is 10.1. The lowest BCUT2D eigenvalue weighted by molar-refractivity contribution is -0.137. The number of carbonyl (C=O) groups is 1. The largest absolute Gasteiger partial charge is 0.476 e. The van der Waals surface area contributed by atoms with Gasteiger partial charge in [0.1, 0.15) is 0 Å². The molecular weight excluding hydrogens is 261 g/mol. The van der Waals surface area contributed by atoms with E-state index in [2.05, 4.69) is 4.98 Å². The van der Waals surface area contributed by atoms with Crippen LogP contribution in [0.2, 0.25) is 0 Å². The lowest BCUT2D eigenvalue weighted by Gasteiger charge is -2.29. The molecule has 1 fully saturated rings. The Hall–Kier alpha value is -1.79. The molecule has 0 aromatic carbocycles. The van der Waals surface area contributed by atoms with Gasteiger partial charge in [-0.3, -0.25) is 0 Å². The van der Waals surface area contributed by atoms with E-state index >= 15 is 0 Å². The van der Waals surface area contributed by atoms with Gasteiger partial charge in [0.25, 0.3) is 0 Å². The van der Waals surface area contributed by atoms with Crippen LogP contribution in [0.4, 0.5) is 18.9 Å². The molecule has 0 amide bonds. The highest BCUT2D eigenvalue weighted by Gasteiger charge is 2.33. The van der Waals surface area contributed by atoms with Crippen LogP contribution in [0, 0.1) is 0 Å².